The lowest BCUT2D eigenvalue weighted by Crippen LogP contribution is -2.30. The second kappa shape index (κ2) is 63.9. The van der Waals surface area contributed by atoms with Gasteiger partial charge in [0, 0.05) is 19.3 Å². The van der Waals surface area contributed by atoms with Crippen LogP contribution in [-0.4, -0.2) is 37.2 Å². The van der Waals surface area contributed by atoms with Crippen molar-refractivity contribution < 1.29 is 28.6 Å². The lowest BCUT2D eigenvalue weighted by molar-refractivity contribution is -0.167. The molecule has 6 heteroatoms. The van der Waals surface area contributed by atoms with Gasteiger partial charge in [-0.3, -0.25) is 14.4 Å². The molecule has 0 amide bonds. The van der Waals surface area contributed by atoms with E-state index in [-0.39, 0.29) is 31.1 Å². The third-order valence-electron chi connectivity index (χ3n) is 14.8. The van der Waals surface area contributed by atoms with Gasteiger partial charge in [-0.15, -0.1) is 0 Å². The van der Waals surface area contributed by atoms with Crippen LogP contribution in [0, 0.1) is 0 Å². The molecule has 0 radical (unpaired) electrons. The standard InChI is InChI=1S/C69H126O6/c1-4-7-10-13-16-19-22-25-28-30-31-32-33-34-35-36-37-39-41-44-47-50-53-56-59-62-68(71)74-65-66(64-73-67(70)61-58-55-52-49-46-43-40-27-24-21-18-15-12-9-6-3)75-69(72)63-60-57-54-51-48-45-42-38-29-26-23-20-17-14-11-8-5-2/h7,10,16,19,25,28,31-32,66H,4-6,8-9,11-15,17-18,20-24,26-27,29-30,33-65H2,1-3H3/b10-7-,19-16-,28-25-,32-31-. The molecule has 1 atom stereocenters. The first kappa shape index (κ1) is 72.4. The first-order valence-electron chi connectivity index (χ1n) is 33.1. The van der Waals surface area contributed by atoms with Crippen LogP contribution < -0.4 is 0 Å². The number of ether oxygens (including phenoxy) is 3. The molecule has 0 aliphatic carbocycles. The molecule has 0 rings (SSSR count). The Hall–Kier alpha value is -2.63. The monoisotopic (exact) mass is 1050 g/mol. The minimum Gasteiger partial charge on any atom is -0.462 e. The van der Waals surface area contributed by atoms with Gasteiger partial charge in [0.15, 0.2) is 6.10 Å². The van der Waals surface area contributed by atoms with Gasteiger partial charge in [0.05, 0.1) is 0 Å². The minimum absolute atomic E-state index is 0.0671. The summed E-state index contributed by atoms with van der Waals surface area (Å²) in [6, 6.07) is 0. The Morgan fingerprint density at radius 1 is 0.280 bits per heavy atom. The Kier molecular flexibility index (Phi) is 61.7. The number of rotatable bonds is 61. The third-order valence-corrected chi connectivity index (χ3v) is 14.8. The Morgan fingerprint density at radius 3 is 0.813 bits per heavy atom. The average molecular weight is 1050 g/mol. The molecule has 0 heterocycles. The van der Waals surface area contributed by atoms with Crippen molar-refractivity contribution in [3.63, 3.8) is 0 Å². The zero-order valence-corrected chi connectivity index (χ0v) is 50.3. The zero-order chi connectivity index (χ0) is 54.3. The average Bonchev–Trinajstić information content (AvgIpc) is 3.41. The summed E-state index contributed by atoms with van der Waals surface area (Å²) in [6.07, 6.45) is 79.8. The Labute approximate surface area is 467 Å². The quantitative estimate of drug-likeness (QED) is 0.0261. The summed E-state index contributed by atoms with van der Waals surface area (Å²) >= 11 is 0. The van der Waals surface area contributed by atoms with E-state index in [2.05, 4.69) is 69.4 Å². The van der Waals surface area contributed by atoms with Crippen LogP contribution in [0.4, 0.5) is 0 Å². The second-order valence-corrected chi connectivity index (χ2v) is 22.4. The van der Waals surface area contributed by atoms with Crippen LogP contribution in [0.1, 0.15) is 355 Å². The fraction of sp³-hybridized carbons (Fsp3) is 0.841. The predicted octanol–water partition coefficient (Wildman–Crippen LogP) is 22.6. The second-order valence-electron chi connectivity index (χ2n) is 22.4. The van der Waals surface area contributed by atoms with E-state index in [4.69, 9.17) is 14.2 Å². The maximum atomic E-state index is 12.9. The number of unbranched alkanes of at least 4 members (excludes halogenated alkanes) is 42. The fourth-order valence-electron chi connectivity index (χ4n) is 9.91. The van der Waals surface area contributed by atoms with E-state index >= 15 is 0 Å². The molecule has 438 valence electrons. The molecule has 6 nitrogen and oxygen atoms in total. The van der Waals surface area contributed by atoms with Crippen LogP contribution in [0.3, 0.4) is 0 Å². The van der Waals surface area contributed by atoms with Crippen molar-refractivity contribution in [2.75, 3.05) is 13.2 Å². The lowest BCUT2D eigenvalue weighted by atomic mass is 10.0. The largest absolute Gasteiger partial charge is 0.462 e. The molecule has 0 aromatic carbocycles. The molecule has 0 saturated carbocycles. The summed E-state index contributed by atoms with van der Waals surface area (Å²) in [7, 11) is 0. The third kappa shape index (κ3) is 62.1. The number of allylic oxidation sites excluding steroid dienone is 8. The number of hydrogen-bond acceptors (Lipinski definition) is 6. The highest BCUT2D eigenvalue weighted by Gasteiger charge is 2.19. The van der Waals surface area contributed by atoms with E-state index in [1.54, 1.807) is 0 Å². The molecule has 0 aromatic heterocycles. The molecular formula is C69H126O6. The van der Waals surface area contributed by atoms with Crippen molar-refractivity contribution in [2.45, 2.75) is 361 Å². The van der Waals surface area contributed by atoms with Gasteiger partial charge in [-0.1, -0.05) is 326 Å². The Morgan fingerprint density at radius 2 is 0.520 bits per heavy atom. The molecule has 0 aliphatic rings. The van der Waals surface area contributed by atoms with Crippen molar-refractivity contribution in [2.24, 2.45) is 0 Å². The van der Waals surface area contributed by atoms with Gasteiger partial charge in [-0.2, -0.15) is 0 Å². The fourth-order valence-corrected chi connectivity index (χ4v) is 9.91. The molecule has 0 aromatic rings. The van der Waals surface area contributed by atoms with Crippen molar-refractivity contribution in [1.29, 1.82) is 0 Å². The van der Waals surface area contributed by atoms with Gasteiger partial charge in [0.1, 0.15) is 13.2 Å². The van der Waals surface area contributed by atoms with Crippen molar-refractivity contribution in [3.05, 3.63) is 48.6 Å². The van der Waals surface area contributed by atoms with Crippen molar-refractivity contribution in [1.82, 2.24) is 0 Å². The highest BCUT2D eigenvalue weighted by atomic mass is 16.6. The molecule has 0 aliphatic heterocycles. The summed E-state index contributed by atoms with van der Waals surface area (Å²) < 4.78 is 17.0. The topological polar surface area (TPSA) is 78.9 Å². The van der Waals surface area contributed by atoms with E-state index in [0.717, 1.165) is 83.5 Å². The summed E-state index contributed by atoms with van der Waals surface area (Å²) in [5.41, 5.74) is 0. The van der Waals surface area contributed by atoms with Crippen molar-refractivity contribution in [3.8, 4) is 0 Å². The maximum absolute atomic E-state index is 12.9. The Balaban J connectivity index is 4.27. The first-order chi connectivity index (χ1) is 37.0. The van der Waals surface area contributed by atoms with Gasteiger partial charge in [-0.25, -0.2) is 0 Å². The molecule has 0 N–H and O–H groups in total. The highest BCUT2D eigenvalue weighted by Crippen LogP contribution is 2.18. The van der Waals surface area contributed by atoms with Gasteiger partial charge < -0.3 is 14.2 Å². The van der Waals surface area contributed by atoms with E-state index in [0.29, 0.717) is 19.3 Å². The maximum Gasteiger partial charge on any atom is 0.306 e. The molecule has 0 saturated heterocycles. The smallest absolute Gasteiger partial charge is 0.306 e. The molecule has 1 unspecified atom stereocenters. The number of carbonyl (C=O) groups excluding carboxylic acids is 3. The van der Waals surface area contributed by atoms with E-state index in [9.17, 15) is 14.4 Å². The summed E-state index contributed by atoms with van der Waals surface area (Å²) in [5.74, 6) is -0.842. The van der Waals surface area contributed by atoms with E-state index < -0.39 is 6.10 Å². The van der Waals surface area contributed by atoms with E-state index in [1.807, 2.05) is 0 Å². The first-order valence-corrected chi connectivity index (χ1v) is 33.1. The summed E-state index contributed by atoms with van der Waals surface area (Å²) in [6.45, 7) is 6.59. The van der Waals surface area contributed by atoms with Gasteiger partial charge in [0.2, 0.25) is 0 Å². The van der Waals surface area contributed by atoms with Crippen LogP contribution in [0.15, 0.2) is 48.6 Å². The minimum atomic E-state index is -0.770. The van der Waals surface area contributed by atoms with Crippen LogP contribution >= 0.6 is 0 Å². The summed E-state index contributed by atoms with van der Waals surface area (Å²) in [4.78, 5) is 38.4. The number of carbonyl (C=O) groups is 3. The van der Waals surface area contributed by atoms with Gasteiger partial charge >= 0.3 is 17.9 Å². The molecule has 75 heavy (non-hydrogen) atoms. The van der Waals surface area contributed by atoms with Gasteiger partial charge in [0.25, 0.3) is 0 Å². The number of hydrogen-bond donors (Lipinski definition) is 0. The normalized spacial score (nSPS) is 12.3. The predicted molar refractivity (Wildman–Crippen MR) is 325 cm³/mol. The molecular weight excluding hydrogens is 925 g/mol. The zero-order valence-electron chi connectivity index (χ0n) is 50.3. The van der Waals surface area contributed by atoms with Gasteiger partial charge in [-0.05, 0) is 57.8 Å². The molecule has 0 spiro atoms. The lowest BCUT2D eigenvalue weighted by Gasteiger charge is -2.18. The summed E-state index contributed by atoms with van der Waals surface area (Å²) in [5, 5.41) is 0. The van der Waals surface area contributed by atoms with Crippen LogP contribution in [-0.2, 0) is 28.6 Å². The van der Waals surface area contributed by atoms with Crippen LogP contribution in [0.2, 0.25) is 0 Å². The molecule has 0 bridgehead atoms. The number of esters is 3. The molecule has 0 fully saturated rings. The van der Waals surface area contributed by atoms with E-state index in [1.165, 1.54) is 231 Å². The highest BCUT2D eigenvalue weighted by molar-refractivity contribution is 5.71. The SMILES string of the molecule is CC/C=C\C/C=C\C/C=C\C/C=C\CCCCCCCCCCCCCCC(=O)OCC(COC(=O)CCCCCCCCCCCCCCCCC)OC(=O)CCCCCCCCCCCCCCCCCCC. The van der Waals surface area contributed by atoms with Crippen LogP contribution in [0.25, 0.3) is 0 Å². The van der Waals surface area contributed by atoms with Crippen LogP contribution in [0.5, 0.6) is 0 Å². The Bertz CT molecular complexity index is 1300. The van der Waals surface area contributed by atoms with Crippen molar-refractivity contribution >= 4 is 17.9 Å².